The maximum absolute atomic E-state index is 12.7. The van der Waals surface area contributed by atoms with Gasteiger partial charge in [0.05, 0.1) is 30.0 Å². The first-order valence-corrected chi connectivity index (χ1v) is 9.12. The van der Waals surface area contributed by atoms with Gasteiger partial charge in [-0.1, -0.05) is 11.3 Å². The number of amides is 1. The summed E-state index contributed by atoms with van der Waals surface area (Å²) >= 11 is 1.42. The molecule has 0 saturated carbocycles. The van der Waals surface area contributed by atoms with E-state index in [1.165, 1.54) is 18.4 Å². The van der Waals surface area contributed by atoms with Crippen LogP contribution in [0.4, 0.5) is 0 Å². The van der Waals surface area contributed by atoms with E-state index in [0.717, 1.165) is 10.2 Å². The molecule has 1 amide bonds. The van der Waals surface area contributed by atoms with E-state index in [1.807, 2.05) is 23.7 Å². The van der Waals surface area contributed by atoms with Gasteiger partial charge >= 0.3 is 0 Å². The van der Waals surface area contributed by atoms with Crippen molar-refractivity contribution in [3.63, 3.8) is 0 Å². The molecule has 0 N–H and O–H groups in total. The number of aryl methyl sites for hydroxylation is 1. The Morgan fingerprint density at radius 1 is 1.11 bits per heavy atom. The number of carbonyl (C=O) groups excluding carboxylic acids is 1. The lowest BCUT2D eigenvalue weighted by Crippen LogP contribution is -2.16. The minimum absolute atomic E-state index is 0.377. The van der Waals surface area contributed by atoms with E-state index in [0.29, 0.717) is 46.6 Å². The molecular weight excluding hydrogens is 368 g/mol. The highest BCUT2D eigenvalue weighted by Crippen LogP contribution is 2.35. The van der Waals surface area contributed by atoms with E-state index in [-0.39, 0.29) is 5.91 Å². The Hall–Kier alpha value is -3.00. The van der Waals surface area contributed by atoms with E-state index < -0.39 is 0 Å². The second kappa shape index (κ2) is 6.96. The summed E-state index contributed by atoms with van der Waals surface area (Å²) < 4.78 is 24.6. The minimum Gasteiger partial charge on any atom is -0.497 e. The van der Waals surface area contributed by atoms with Gasteiger partial charge in [-0.2, -0.15) is 4.99 Å². The maximum Gasteiger partial charge on any atom is 0.283 e. The number of hydrogen-bond acceptors (Lipinski definition) is 6. The molecule has 2 aromatic carbocycles. The normalized spacial score (nSPS) is 13.7. The number of nitrogens with zero attached hydrogens (tertiary/aromatic N) is 2. The third kappa shape index (κ3) is 3.12. The minimum atomic E-state index is -0.381. The van der Waals surface area contributed by atoms with Crippen LogP contribution in [0.25, 0.3) is 10.2 Å². The Labute approximate surface area is 159 Å². The molecule has 0 spiro atoms. The van der Waals surface area contributed by atoms with Crippen LogP contribution in [0.2, 0.25) is 0 Å². The van der Waals surface area contributed by atoms with Crippen molar-refractivity contribution in [2.45, 2.75) is 0 Å². The van der Waals surface area contributed by atoms with Crippen molar-refractivity contribution >= 4 is 27.5 Å². The van der Waals surface area contributed by atoms with Gasteiger partial charge < -0.3 is 23.5 Å². The average Bonchev–Trinajstić information content (AvgIpc) is 3.00. The number of ether oxygens (including phenoxy) is 4. The Morgan fingerprint density at radius 3 is 2.56 bits per heavy atom. The van der Waals surface area contributed by atoms with Crippen LogP contribution in [-0.4, -0.2) is 37.9 Å². The molecule has 1 aromatic heterocycles. The van der Waals surface area contributed by atoms with Crippen molar-refractivity contribution in [2.75, 3.05) is 27.4 Å². The summed E-state index contributed by atoms with van der Waals surface area (Å²) in [7, 11) is 4.94. The van der Waals surface area contributed by atoms with Crippen molar-refractivity contribution in [3.8, 4) is 23.0 Å². The van der Waals surface area contributed by atoms with Crippen LogP contribution in [0.5, 0.6) is 23.0 Å². The summed E-state index contributed by atoms with van der Waals surface area (Å²) in [5, 5.41) is 0. The van der Waals surface area contributed by atoms with Crippen molar-refractivity contribution in [1.29, 1.82) is 0 Å². The highest BCUT2D eigenvalue weighted by Gasteiger charge is 2.17. The van der Waals surface area contributed by atoms with E-state index in [4.69, 9.17) is 18.9 Å². The predicted molar refractivity (Wildman–Crippen MR) is 101 cm³/mol. The molecule has 1 aliphatic heterocycles. The van der Waals surface area contributed by atoms with Crippen LogP contribution in [0.15, 0.2) is 35.3 Å². The van der Waals surface area contributed by atoms with Gasteiger partial charge in [0.2, 0.25) is 0 Å². The number of benzene rings is 2. The Bertz CT molecular complexity index is 1100. The molecule has 4 rings (SSSR count). The quantitative estimate of drug-likeness (QED) is 0.692. The van der Waals surface area contributed by atoms with Crippen molar-refractivity contribution < 1.29 is 23.7 Å². The van der Waals surface area contributed by atoms with Crippen molar-refractivity contribution in [3.05, 3.63) is 40.7 Å². The lowest BCUT2D eigenvalue weighted by Gasteiger charge is -2.18. The zero-order valence-corrected chi connectivity index (χ0v) is 16.0. The molecule has 27 heavy (non-hydrogen) atoms. The fourth-order valence-electron chi connectivity index (χ4n) is 2.89. The predicted octanol–water partition coefficient (Wildman–Crippen LogP) is 2.77. The molecule has 7 nitrogen and oxygen atoms in total. The largest absolute Gasteiger partial charge is 0.497 e. The summed E-state index contributed by atoms with van der Waals surface area (Å²) in [5.74, 6) is 2.07. The van der Waals surface area contributed by atoms with E-state index in [2.05, 4.69) is 4.99 Å². The number of fused-ring (bicyclic) bond motifs is 2. The first-order chi connectivity index (χ1) is 13.1. The van der Waals surface area contributed by atoms with Gasteiger partial charge in [-0.25, -0.2) is 0 Å². The van der Waals surface area contributed by atoms with Crippen molar-refractivity contribution in [1.82, 2.24) is 4.57 Å². The fourth-order valence-corrected chi connectivity index (χ4v) is 3.92. The number of methoxy groups -OCH3 is 2. The number of carbonyl (C=O) groups is 1. The number of hydrogen-bond donors (Lipinski definition) is 0. The average molecular weight is 386 g/mol. The highest BCUT2D eigenvalue weighted by molar-refractivity contribution is 7.16. The molecular formula is C19H18N2O5S. The smallest absolute Gasteiger partial charge is 0.283 e. The fraction of sp³-hybridized carbons (Fsp3) is 0.263. The number of thiazole rings is 1. The van der Waals surface area contributed by atoms with Gasteiger partial charge in [0.15, 0.2) is 16.3 Å². The SMILES string of the molecule is COc1ccc(C(=O)N=c2sc3cc4c(cc3n2C)OCCO4)c(OC)c1. The third-order valence-electron chi connectivity index (χ3n) is 4.31. The summed E-state index contributed by atoms with van der Waals surface area (Å²) in [4.78, 5) is 17.6. The number of aromatic nitrogens is 1. The zero-order valence-electron chi connectivity index (χ0n) is 15.1. The third-order valence-corrected chi connectivity index (χ3v) is 5.40. The molecule has 2 heterocycles. The molecule has 0 aliphatic carbocycles. The second-order valence-electron chi connectivity index (χ2n) is 5.89. The molecule has 0 atom stereocenters. The molecule has 0 unspecified atom stereocenters. The summed E-state index contributed by atoms with van der Waals surface area (Å²) in [6.45, 7) is 1.06. The van der Waals surface area contributed by atoms with Gasteiger partial charge in [-0.05, 0) is 12.1 Å². The van der Waals surface area contributed by atoms with E-state index >= 15 is 0 Å². The molecule has 0 fully saturated rings. The first kappa shape index (κ1) is 17.4. The van der Waals surface area contributed by atoms with Gasteiger partial charge in [0.25, 0.3) is 5.91 Å². The van der Waals surface area contributed by atoms with Crippen LogP contribution >= 0.6 is 11.3 Å². The highest BCUT2D eigenvalue weighted by atomic mass is 32.1. The van der Waals surface area contributed by atoms with Crippen LogP contribution in [0.1, 0.15) is 10.4 Å². The topological polar surface area (TPSA) is 71.3 Å². The molecule has 0 radical (unpaired) electrons. The lowest BCUT2D eigenvalue weighted by molar-refractivity contribution is 0.0995. The second-order valence-corrected chi connectivity index (χ2v) is 6.90. The van der Waals surface area contributed by atoms with Crippen LogP contribution in [0, 0.1) is 0 Å². The summed E-state index contributed by atoms with van der Waals surface area (Å²) in [6, 6.07) is 8.86. The molecule has 8 heteroatoms. The molecule has 140 valence electrons. The number of rotatable bonds is 3. The lowest BCUT2D eigenvalue weighted by atomic mass is 10.2. The Balaban J connectivity index is 1.78. The van der Waals surface area contributed by atoms with Gasteiger partial charge in [-0.3, -0.25) is 4.79 Å². The standard InChI is InChI=1S/C19H18N2O5S/c1-21-13-9-15-16(26-7-6-25-15)10-17(13)27-19(21)20-18(22)12-5-4-11(23-2)8-14(12)24-3/h4-5,8-10H,6-7H2,1-3H3. The van der Waals surface area contributed by atoms with E-state index in [1.54, 1.807) is 25.3 Å². The molecule has 3 aromatic rings. The summed E-state index contributed by atoms with van der Waals surface area (Å²) in [6.07, 6.45) is 0. The Kier molecular flexibility index (Phi) is 4.49. The van der Waals surface area contributed by atoms with Crippen LogP contribution < -0.4 is 23.7 Å². The van der Waals surface area contributed by atoms with Crippen LogP contribution in [-0.2, 0) is 7.05 Å². The first-order valence-electron chi connectivity index (χ1n) is 8.31. The molecule has 0 bridgehead atoms. The Morgan fingerprint density at radius 2 is 1.85 bits per heavy atom. The van der Waals surface area contributed by atoms with Crippen molar-refractivity contribution in [2.24, 2.45) is 12.0 Å². The molecule has 1 aliphatic rings. The zero-order chi connectivity index (χ0) is 19.0. The molecule has 0 saturated heterocycles. The van der Waals surface area contributed by atoms with Gasteiger partial charge in [0.1, 0.15) is 24.7 Å². The van der Waals surface area contributed by atoms with Gasteiger partial charge in [0, 0.05) is 25.2 Å². The van der Waals surface area contributed by atoms with E-state index in [9.17, 15) is 4.79 Å². The van der Waals surface area contributed by atoms with Gasteiger partial charge in [-0.15, -0.1) is 0 Å². The maximum atomic E-state index is 12.7. The summed E-state index contributed by atoms with van der Waals surface area (Å²) in [5.41, 5.74) is 1.30. The van der Waals surface area contributed by atoms with Crippen LogP contribution in [0.3, 0.4) is 0 Å². The monoisotopic (exact) mass is 386 g/mol.